The average molecular weight is 486 g/mol. The molecule has 4 rings (SSSR count). The molecule has 1 saturated heterocycles. The molecular weight excluding hydrogens is 470 g/mol. The van der Waals surface area contributed by atoms with Crippen LogP contribution < -0.4 is 9.62 Å². The zero-order chi connectivity index (χ0) is 19.7. The summed E-state index contributed by atoms with van der Waals surface area (Å²) in [7, 11) is -2.80. The Morgan fingerprint density at radius 1 is 1.29 bits per heavy atom. The molecule has 4 heterocycles. The van der Waals surface area contributed by atoms with Gasteiger partial charge in [0.1, 0.15) is 5.52 Å². The van der Waals surface area contributed by atoms with E-state index in [-0.39, 0.29) is 5.69 Å². The van der Waals surface area contributed by atoms with Crippen LogP contribution >= 0.6 is 27.3 Å². The number of pyridine rings is 1. The zero-order valence-corrected chi connectivity index (χ0v) is 18.0. The molecule has 0 spiro atoms. The molecule has 1 N–H and O–H groups in total. The highest BCUT2D eigenvalue weighted by atomic mass is 79.9. The predicted molar refractivity (Wildman–Crippen MR) is 111 cm³/mol. The summed E-state index contributed by atoms with van der Waals surface area (Å²) in [5.41, 5.74) is 2.45. The lowest BCUT2D eigenvalue weighted by Crippen LogP contribution is -2.37. The SMILES string of the molecule is COS(=O)(=O)Nc1cncc(-c2nc(N3CCOCC3)nc3c(Br)csc23)c1. The highest BCUT2D eigenvalue weighted by Gasteiger charge is 2.20. The highest BCUT2D eigenvalue weighted by molar-refractivity contribution is 9.10. The second kappa shape index (κ2) is 7.87. The van der Waals surface area contributed by atoms with Gasteiger partial charge in [-0.1, -0.05) is 0 Å². The molecule has 0 unspecified atom stereocenters. The van der Waals surface area contributed by atoms with E-state index < -0.39 is 10.3 Å². The third-order valence-electron chi connectivity index (χ3n) is 4.13. The van der Waals surface area contributed by atoms with E-state index in [0.29, 0.717) is 43.5 Å². The van der Waals surface area contributed by atoms with Crippen molar-refractivity contribution >= 4 is 59.4 Å². The van der Waals surface area contributed by atoms with Crippen molar-refractivity contribution in [3.63, 3.8) is 0 Å². The lowest BCUT2D eigenvalue weighted by molar-refractivity contribution is 0.122. The molecule has 12 heteroatoms. The molecule has 1 aliphatic rings. The maximum Gasteiger partial charge on any atom is 0.359 e. The van der Waals surface area contributed by atoms with Crippen molar-refractivity contribution in [2.45, 2.75) is 0 Å². The number of fused-ring (bicyclic) bond motifs is 1. The van der Waals surface area contributed by atoms with Gasteiger partial charge in [-0.3, -0.25) is 13.9 Å². The van der Waals surface area contributed by atoms with E-state index in [0.717, 1.165) is 21.8 Å². The number of rotatable bonds is 5. The first-order valence-electron chi connectivity index (χ1n) is 8.28. The minimum atomic E-state index is -3.88. The fourth-order valence-electron chi connectivity index (χ4n) is 2.79. The Balaban J connectivity index is 1.81. The number of nitrogens with one attached hydrogen (secondary N) is 1. The smallest absolute Gasteiger partial charge is 0.359 e. The molecule has 0 aromatic carbocycles. The second-order valence-electron chi connectivity index (χ2n) is 5.92. The lowest BCUT2D eigenvalue weighted by atomic mass is 10.2. The fourth-order valence-corrected chi connectivity index (χ4v) is 4.85. The van der Waals surface area contributed by atoms with Crippen molar-refractivity contribution in [2.75, 3.05) is 43.0 Å². The van der Waals surface area contributed by atoms with E-state index in [1.807, 2.05) is 5.38 Å². The first kappa shape index (κ1) is 19.5. The molecule has 9 nitrogen and oxygen atoms in total. The zero-order valence-electron chi connectivity index (χ0n) is 14.8. The number of hydrogen-bond donors (Lipinski definition) is 1. The molecule has 1 fully saturated rings. The van der Waals surface area contributed by atoms with Crippen molar-refractivity contribution < 1.29 is 17.3 Å². The standard InChI is InChI=1S/C16H16BrN5O4S2/c1-25-28(23,24)21-11-6-10(7-18-8-11)13-15-14(12(17)9-27-15)20-16(19-13)22-2-4-26-5-3-22/h6-9,21H,2-5H2,1H3. The van der Waals surface area contributed by atoms with Crippen molar-refractivity contribution in [1.29, 1.82) is 0 Å². The first-order chi connectivity index (χ1) is 13.5. The van der Waals surface area contributed by atoms with E-state index in [1.54, 1.807) is 12.3 Å². The topological polar surface area (TPSA) is 107 Å². The van der Waals surface area contributed by atoms with Gasteiger partial charge in [-0.05, 0) is 22.0 Å². The van der Waals surface area contributed by atoms with Gasteiger partial charge in [0, 0.05) is 30.2 Å². The van der Waals surface area contributed by atoms with Crippen LogP contribution in [0, 0.1) is 0 Å². The van der Waals surface area contributed by atoms with Gasteiger partial charge in [0.15, 0.2) is 0 Å². The Hall–Kier alpha value is -1.86. The third kappa shape index (κ3) is 3.96. The van der Waals surface area contributed by atoms with E-state index in [2.05, 4.69) is 34.7 Å². The number of thiophene rings is 1. The number of nitrogens with zero attached hydrogens (tertiary/aromatic N) is 4. The molecule has 148 valence electrons. The fraction of sp³-hybridized carbons (Fsp3) is 0.312. The molecule has 28 heavy (non-hydrogen) atoms. The molecular formula is C16H16BrN5O4S2. The Kier molecular flexibility index (Phi) is 5.47. The molecule has 3 aromatic heterocycles. The normalized spacial score (nSPS) is 15.1. The van der Waals surface area contributed by atoms with Crippen LogP contribution in [-0.2, 0) is 19.2 Å². The summed E-state index contributed by atoms with van der Waals surface area (Å²) in [6.07, 6.45) is 3.05. The van der Waals surface area contributed by atoms with E-state index in [1.165, 1.54) is 17.5 Å². The quantitative estimate of drug-likeness (QED) is 0.587. The largest absolute Gasteiger partial charge is 0.378 e. The van der Waals surface area contributed by atoms with Crippen LogP contribution in [0.1, 0.15) is 0 Å². The molecule has 0 bridgehead atoms. The number of aromatic nitrogens is 3. The molecule has 3 aromatic rings. The van der Waals surface area contributed by atoms with Crippen LogP contribution in [0.3, 0.4) is 0 Å². The predicted octanol–water partition coefficient (Wildman–Crippen LogP) is 2.66. The number of anilines is 2. The van der Waals surface area contributed by atoms with E-state index >= 15 is 0 Å². The molecule has 0 amide bonds. The summed E-state index contributed by atoms with van der Waals surface area (Å²) in [6.45, 7) is 2.66. The van der Waals surface area contributed by atoms with Crippen LogP contribution in [0.5, 0.6) is 0 Å². The van der Waals surface area contributed by atoms with E-state index in [4.69, 9.17) is 14.7 Å². The van der Waals surface area contributed by atoms with E-state index in [9.17, 15) is 8.42 Å². The van der Waals surface area contributed by atoms with Gasteiger partial charge in [-0.25, -0.2) is 9.97 Å². The minimum absolute atomic E-state index is 0.287. The summed E-state index contributed by atoms with van der Waals surface area (Å²) in [5, 5.41) is 1.96. The molecule has 0 atom stereocenters. The van der Waals surface area contributed by atoms with Crippen molar-refractivity contribution in [2.24, 2.45) is 0 Å². The van der Waals surface area contributed by atoms with Gasteiger partial charge in [-0.2, -0.15) is 8.42 Å². The van der Waals surface area contributed by atoms with Crippen LogP contribution in [0.4, 0.5) is 11.6 Å². The summed E-state index contributed by atoms with van der Waals surface area (Å²) in [5.74, 6) is 0.604. The van der Waals surface area contributed by atoms with Crippen LogP contribution in [0.15, 0.2) is 28.3 Å². The third-order valence-corrected chi connectivity index (χ3v) is 6.94. The lowest BCUT2D eigenvalue weighted by Gasteiger charge is -2.27. The van der Waals surface area contributed by atoms with Crippen LogP contribution in [-0.4, -0.2) is 56.8 Å². The summed E-state index contributed by atoms with van der Waals surface area (Å²) in [4.78, 5) is 15.7. The van der Waals surface area contributed by atoms with Crippen LogP contribution in [0.2, 0.25) is 0 Å². The molecule has 0 radical (unpaired) electrons. The number of halogens is 1. The van der Waals surface area contributed by atoms with Gasteiger partial charge in [0.25, 0.3) is 0 Å². The monoisotopic (exact) mass is 485 g/mol. The van der Waals surface area contributed by atoms with Gasteiger partial charge in [-0.15, -0.1) is 11.3 Å². The minimum Gasteiger partial charge on any atom is -0.378 e. The molecule has 0 aliphatic carbocycles. The second-order valence-corrected chi connectivity index (χ2v) is 9.10. The number of ether oxygens (including phenoxy) is 1. The average Bonchev–Trinajstić information content (AvgIpc) is 3.09. The maximum absolute atomic E-state index is 11.7. The van der Waals surface area contributed by atoms with Crippen molar-refractivity contribution in [3.8, 4) is 11.3 Å². The number of morpholine rings is 1. The van der Waals surface area contributed by atoms with Gasteiger partial charge < -0.3 is 9.64 Å². The Morgan fingerprint density at radius 2 is 2.07 bits per heavy atom. The van der Waals surface area contributed by atoms with Crippen LogP contribution in [0.25, 0.3) is 21.5 Å². The highest BCUT2D eigenvalue weighted by Crippen LogP contribution is 2.37. The van der Waals surface area contributed by atoms with Gasteiger partial charge >= 0.3 is 10.3 Å². The van der Waals surface area contributed by atoms with Crippen molar-refractivity contribution in [1.82, 2.24) is 15.0 Å². The van der Waals surface area contributed by atoms with Crippen molar-refractivity contribution in [3.05, 3.63) is 28.3 Å². The molecule has 1 aliphatic heterocycles. The first-order valence-corrected chi connectivity index (χ1v) is 11.4. The Morgan fingerprint density at radius 3 is 2.82 bits per heavy atom. The molecule has 0 saturated carbocycles. The summed E-state index contributed by atoms with van der Waals surface area (Å²) in [6, 6.07) is 1.67. The number of hydrogen-bond acceptors (Lipinski definition) is 9. The Bertz CT molecular complexity index is 1120. The maximum atomic E-state index is 11.7. The van der Waals surface area contributed by atoms with Gasteiger partial charge in [0.2, 0.25) is 5.95 Å². The summed E-state index contributed by atoms with van der Waals surface area (Å²) >= 11 is 5.06. The summed E-state index contributed by atoms with van der Waals surface area (Å²) < 4.78 is 37.3. The van der Waals surface area contributed by atoms with Gasteiger partial charge in [0.05, 0.1) is 47.1 Å². The Labute approximate surface area is 174 Å².